The first-order valence-electron chi connectivity index (χ1n) is 10.6. The Bertz CT molecular complexity index is 1050. The molecule has 10 heteroatoms. The number of carbonyl (C=O) groups is 2. The number of hydrogen-bond donors (Lipinski definition) is 1. The van der Waals surface area contributed by atoms with Gasteiger partial charge >= 0.3 is 0 Å². The number of carbonyl (C=O) groups excluding carboxylic acids is 2. The molecule has 2 aromatic rings. The number of likely N-dealkylation sites (N-methyl/N-ethyl adjacent to an activating group) is 1. The van der Waals surface area contributed by atoms with Crippen LogP contribution in [0.2, 0.25) is 5.02 Å². The number of amides is 2. The van der Waals surface area contributed by atoms with Crippen LogP contribution in [0.25, 0.3) is 0 Å². The van der Waals surface area contributed by atoms with Gasteiger partial charge in [0.1, 0.15) is 6.04 Å². The molecule has 0 bridgehead atoms. The second-order valence-corrected chi connectivity index (χ2v) is 11.1. The SMILES string of the molecule is CCCCNC(=O)[C@@H](C)N(Cc1ccc(Br)cc1)C(=O)CN(C)S(=O)(=O)c1ccc(Cl)cc1. The van der Waals surface area contributed by atoms with E-state index >= 15 is 0 Å². The molecule has 0 aromatic heterocycles. The predicted molar refractivity (Wildman–Crippen MR) is 133 cm³/mol. The molecule has 0 spiro atoms. The van der Waals surface area contributed by atoms with Crippen molar-refractivity contribution in [3.05, 3.63) is 63.6 Å². The average molecular weight is 559 g/mol. The van der Waals surface area contributed by atoms with Crippen molar-refractivity contribution in [3.8, 4) is 0 Å². The van der Waals surface area contributed by atoms with Crippen molar-refractivity contribution >= 4 is 49.4 Å². The maximum absolute atomic E-state index is 13.2. The number of nitrogens with one attached hydrogen (secondary N) is 1. The number of unbranched alkanes of at least 4 members (excludes halogenated alkanes) is 1. The Morgan fingerprint density at radius 3 is 2.27 bits per heavy atom. The normalized spacial score (nSPS) is 12.4. The molecule has 7 nitrogen and oxygen atoms in total. The van der Waals surface area contributed by atoms with Crippen molar-refractivity contribution in [2.24, 2.45) is 0 Å². The first-order chi connectivity index (χ1) is 15.6. The van der Waals surface area contributed by atoms with E-state index in [0.29, 0.717) is 11.6 Å². The molecular weight excluding hydrogens is 530 g/mol. The largest absolute Gasteiger partial charge is 0.354 e. The van der Waals surface area contributed by atoms with E-state index in [1.807, 2.05) is 31.2 Å². The Morgan fingerprint density at radius 2 is 1.70 bits per heavy atom. The average Bonchev–Trinajstić information content (AvgIpc) is 2.78. The zero-order chi connectivity index (χ0) is 24.6. The van der Waals surface area contributed by atoms with Gasteiger partial charge in [0.15, 0.2) is 0 Å². The van der Waals surface area contributed by atoms with Gasteiger partial charge < -0.3 is 10.2 Å². The first-order valence-corrected chi connectivity index (χ1v) is 13.2. The summed E-state index contributed by atoms with van der Waals surface area (Å²) in [5, 5.41) is 3.26. The van der Waals surface area contributed by atoms with E-state index in [1.165, 1.54) is 36.2 Å². The molecule has 2 rings (SSSR count). The molecule has 33 heavy (non-hydrogen) atoms. The number of halogens is 2. The van der Waals surface area contributed by atoms with E-state index < -0.39 is 28.5 Å². The van der Waals surface area contributed by atoms with Crippen LogP contribution in [-0.2, 0) is 26.2 Å². The van der Waals surface area contributed by atoms with Gasteiger partial charge in [-0.3, -0.25) is 9.59 Å². The van der Waals surface area contributed by atoms with Crippen molar-refractivity contribution in [2.45, 2.75) is 44.2 Å². The summed E-state index contributed by atoms with van der Waals surface area (Å²) in [5.41, 5.74) is 0.822. The molecule has 0 unspecified atom stereocenters. The number of rotatable bonds is 11. The van der Waals surface area contributed by atoms with E-state index in [9.17, 15) is 18.0 Å². The lowest BCUT2D eigenvalue weighted by Gasteiger charge is -2.30. The minimum Gasteiger partial charge on any atom is -0.354 e. The van der Waals surface area contributed by atoms with E-state index in [2.05, 4.69) is 21.2 Å². The van der Waals surface area contributed by atoms with Crippen LogP contribution in [0.4, 0.5) is 0 Å². The molecule has 0 aliphatic heterocycles. The lowest BCUT2D eigenvalue weighted by molar-refractivity contribution is -0.140. The van der Waals surface area contributed by atoms with Gasteiger partial charge in [0.2, 0.25) is 21.8 Å². The van der Waals surface area contributed by atoms with Crippen LogP contribution in [-0.4, -0.2) is 55.6 Å². The molecule has 0 saturated carbocycles. The van der Waals surface area contributed by atoms with E-state index in [0.717, 1.165) is 27.2 Å². The van der Waals surface area contributed by atoms with Crippen LogP contribution in [0.5, 0.6) is 0 Å². The summed E-state index contributed by atoms with van der Waals surface area (Å²) < 4.78 is 27.7. The monoisotopic (exact) mass is 557 g/mol. The number of nitrogens with zero attached hydrogens (tertiary/aromatic N) is 2. The lowest BCUT2D eigenvalue weighted by Crippen LogP contribution is -2.50. The summed E-state index contributed by atoms with van der Waals surface area (Å²) in [5.74, 6) is -0.756. The Balaban J connectivity index is 2.22. The summed E-state index contributed by atoms with van der Waals surface area (Å²) in [6, 6.07) is 12.4. The van der Waals surface area contributed by atoms with E-state index in [1.54, 1.807) is 6.92 Å². The highest BCUT2D eigenvalue weighted by Crippen LogP contribution is 2.19. The Morgan fingerprint density at radius 1 is 1.09 bits per heavy atom. The third kappa shape index (κ3) is 7.81. The molecule has 1 N–H and O–H groups in total. The van der Waals surface area contributed by atoms with Gasteiger partial charge in [-0.2, -0.15) is 4.31 Å². The molecular formula is C23H29BrClN3O4S. The fourth-order valence-corrected chi connectivity index (χ4v) is 4.57. The summed E-state index contributed by atoms with van der Waals surface area (Å²) in [6.07, 6.45) is 1.77. The van der Waals surface area contributed by atoms with E-state index in [-0.39, 0.29) is 17.3 Å². The van der Waals surface area contributed by atoms with Gasteiger partial charge in [-0.05, 0) is 55.3 Å². The maximum Gasteiger partial charge on any atom is 0.243 e. The van der Waals surface area contributed by atoms with E-state index in [4.69, 9.17) is 11.6 Å². The van der Waals surface area contributed by atoms with Crippen LogP contribution in [0, 0.1) is 0 Å². The number of hydrogen-bond acceptors (Lipinski definition) is 4. The highest BCUT2D eigenvalue weighted by atomic mass is 79.9. The van der Waals surface area contributed by atoms with Gasteiger partial charge in [0.25, 0.3) is 0 Å². The molecule has 0 heterocycles. The van der Waals surface area contributed by atoms with Crippen LogP contribution in [0.3, 0.4) is 0 Å². The second kappa shape index (κ2) is 12.5. The number of benzene rings is 2. The molecule has 0 aliphatic carbocycles. The first kappa shape index (κ1) is 27.3. The second-order valence-electron chi connectivity index (χ2n) is 7.68. The summed E-state index contributed by atoms with van der Waals surface area (Å²) in [6.45, 7) is 3.95. The minimum absolute atomic E-state index is 0.0343. The maximum atomic E-state index is 13.2. The van der Waals surface area contributed by atoms with Crippen molar-refractivity contribution < 1.29 is 18.0 Å². The Hall–Kier alpha value is -1.94. The van der Waals surface area contributed by atoms with Crippen molar-refractivity contribution in [2.75, 3.05) is 20.1 Å². The van der Waals surface area contributed by atoms with Crippen molar-refractivity contribution in [1.29, 1.82) is 0 Å². The summed E-state index contributed by atoms with van der Waals surface area (Å²) in [4.78, 5) is 27.4. The summed E-state index contributed by atoms with van der Waals surface area (Å²) in [7, 11) is -2.57. The third-order valence-corrected chi connectivity index (χ3v) is 7.74. The predicted octanol–water partition coefficient (Wildman–Crippen LogP) is 4.06. The van der Waals surface area contributed by atoms with Crippen LogP contribution < -0.4 is 5.32 Å². The van der Waals surface area contributed by atoms with Crippen molar-refractivity contribution in [3.63, 3.8) is 0 Å². The highest BCUT2D eigenvalue weighted by molar-refractivity contribution is 9.10. The highest BCUT2D eigenvalue weighted by Gasteiger charge is 2.30. The van der Waals surface area contributed by atoms with Gasteiger partial charge in [0, 0.05) is 29.6 Å². The third-order valence-electron chi connectivity index (χ3n) is 5.14. The molecule has 0 fully saturated rings. The standard InChI is InChI=1S/C23H29BrClN3O4S/c1-4-5-14-26-23(30)17(2)28(15-18-6-8-19(24)9-7-18)22(29)16-27(3)33(31,32)21-12-10-20(25)11-13-21/h6-13,17H,4-5,14-16H2,1-3H3,(H,26,30)/t17-/m1/s1. The van der Waals surface area contributed by atoms with Crippen LogP contribution in [0.1, 0.15) is 32.3 Å². The minimum atomic E-state index is -3.91. The molecule has 0 aliphatic rings. The quantitative estimate of drug-likeness (QED) is 0.422. The van der Waals surface area contributed by atoms with Gasteiger partial charge in [0.05, 0.1) is 11.4 Å². The Kier molecular flexibility index (Phi) is 10.3. The molecule has 0 radical (unpaired) electrons. The fraction of sp³-hybridized carbons (Fsp3) is 0.391. The van der Waals surface area contributed by atoms with Crippen LogP contribution >= 0.6 is 27.5 Å². The topological polar surface area (TPSA) is 86.8 Å². The lowest BCUT2D eigenvalue weighted by atomic mass is 10.1. The van der Waals surface area contributed by atoms with Crippen LogP contribution in [0.15, 0.2) is 57.9 Å². The molecule has 2 amide bonds. The van der Waals surface area contributed by atoms with Gasteiger partial charge in [-0.1, -0.05) is 53.0 Å². The van der Waals surface area contributed by atoms with Crippen molar-refractivity contribution in [1.82, 2.24) is 14.5 Å². The molecule has 2 aromatic carbocycles. The smallest absolute Gasteiger partial charge is 0.243 e. The zero-order valence-electron chi connectivity index (χ0n) is 18.9. The molecule has 1 atom stereocenters. The summed E-state index contributed by atoms with van der Waals surface area (Å²) >= 11 is 9.24. The molecule has 180 valence electrons. The molecule has 0 saturated heterocycles. The van der Waals surface area contributed by atoms with Gasteiger partial charge in [-0.25, -0.2) is 8.42 Å². The Labute approximate surface area is 209 Å². The number of sulfonamides is 1. The fourth-order valence-electron chi connectivity index (χ4n) is 3.06. The van der Waals surface area contributed by atoms with Gasteiger partial charge in [-0.15, -0.1) is 0 Å². The zero-order valence-corrected chi connectivity index (χ0v) is 22.1.